The lowest BCUT2D eigenvalue weighted by molar-refractivity contribution is 0.0734. The summed E-state index contributed by atoms with van der Waals surface area (Å²) in [6, 6.07) is 19.3. The zero-order valence-electron chi connectivity index (χ0n) is 18.2. The Balaban J connectivity index is 1.57. The van der Waals surface area contributed by atoms with Gasteiger partial charge in [-0.3, -0.25) is 4.79 Å². The molecule has 0 aliphatic carbocycles. The molecule has 0 heterocycles. The minimum Gasteiger partial charge on any atom is -0.423 e. The molecule has 0 radical (unpaired) electrons. The third-order valence-corrected chi connectivity index (χ3v) is 5.04. The van der Waals surface area contributed by atoms with Gasteiger partial charge in [0.15, 0.2) is 5.78 Å². The van der Waals surface area contributed by atoms with Crippen LogP contribution in [0.1, 0.15) is 58.0 Å². The smallest absolute Gasteiger partial charge is 0.343 e. The summed E-state index contributed by atoms with van der Waals surface area (Å²) < 4.78 is 5.37. The average molecular weight is 429 g/mol. The lowest BCUT2D eigenvalue weighted by Crippen LogP contribution is -2.09. The molecule has 5 heteroatoms. The molecular formula is C27H28N2O3. The number of anilines is 2. The maximum absolute atomic E-state index is 12.4. The van der Waals surface area contributed by atoms with Gasteiger partial charge in [-0.2, -0.15) is 0 Å². The highest BCUT2D eigenvalue weighted by molar-refractivity contribution is 6.06. The van der Waals surface area contributed by atoms with E-state index in [9.17, 15) is 9.59 Å². The van der Waals surface area contributed by atoms with E-state index in [1.54, 1.807) is 42.5 Å². The molecule has 0 aliphatic rings. The van der Waals surface area contributed by atoms with Crippen LogP contribution in [0.15, 0.2) is 72.8 Å². The SMILES string of the molecule is CCCCCc1ccc(C(=O)/C=C/c2ccc(OC(=O)c3cc(N)cc(N)c3)cc2)cc1. The van der Waals surface area contributed by atoms with Crippen LogP contribution in [0.2, 0.25) is 0 Å². The number of unbranched alkanes of at least 4 members (excludes halogenated alkanes) is 2. The predicted molar refractivity (Wildman–Crippen MR) is 130 cm³/mol. The summed E-state index contributed by atoms with van der Waals surface area (Å²) in [4.78, 5) is 24.7. The van der Waals surface area contributed by atoms with Crippen LogP contribution in [-0.4, -0.2) is 11.8 Å². The summed E-state index contributed by atoms with van der Waals surface area (Å²) in [7, 11) is 0. The highest BCUT2D eigenvalue weighted by Gasteiger charge is 2.10. The minimum absolute atomic E-state index is 0.0557. The van der Waals surface area contributed by atoms with Crippen molar-refractivity contribution in [3.63, 3.8) is 0 Å². The van der Waals surface area contributed by atoms with E-state index in [1.807, 2.05) is 24.3 Å². The molecule has 3 aromatic carbocycles. The monoisotopic (exact) mass is 428 g/mol. The number of benzene rings is 3. The fraction of sp³-hybridized carbons (Fsp3) is 0.185. The maximum Gasteiger partial charge on any atom is 0.343 e. The molecule has 0 spiro atoms. The van der Waals surface area contributed by atoms with Crippen LogP contribution < -0.4 is 16.2 Å². The average Bonchev–Trinajstić information content (AvgIpc) is 2.78. The number of esters is 1. The van der Waals surface area contributed by atoms with Crippen LogP contribution in [0.3, 0.4) is 0 Å². The van der Waals surface area contributed by atoms with Crippen molar-refractivity contribution < 1.29 is 14.3 Å². The van der Waals surface area contributed by atoms with E-state index in [-0.39, 0.29) is 11.3 Å². The van der Waals surface area contributed by atoms with E-state index in [4.69, 9.17) is 16.2 Å². The molecule has 0 saturated heterocycles. The fourth-order valence-electron chi connectivity index (χ4n) is 3.29. The van der Waals surface area contributed by atoms with Gasteiger partial charge in [0.25, 0.3) is 0 Å². The summed E-state index contributed by atoms with van der Waals surface area (Å²) in [5.74, 6) is -0.210. The summed E-state index contributed by atoms with van der Waals surface area (Å²) in [6.07, 6.45) is 7.91. The molecule has 164 valence electrons. The Labute approximate surface area is 188 Å². The second kappa shape index (κ2) is 11.0. The van der Waals surface area contributed by atoms with E-state index in [0.717, 1.165) is 12.0 Å². The van der Waals surface area contributed by atoms with Crippen molar-refractivity contribution in [3.05, 3.63) is 95.1 Å². The van der Waals surface area contributed by atoms with Gasteiger partial charge in [0, 0.05) is 16.9 Å². The fourth-order valence-corrected chi connectivity index (χ4v) is 3.29. The van der Waals surface area contributed by atoms with Gasteiger partial charge < -0.3 is 16.2 Å². The Morgan fingerprint density at radius 2 is 1.50 bits per heavy atom. The number of rotatable bonds is 9. The third kappa shape index (κ3) is 6.57. The van der Waals surface area contributed by atoms with E-state index in [2.05, 4.69) is 6.92 Å². The Morgan fingerprint density at radius 1 is 0.844 bits per heavy atom. The Kier molecular flexibility index (Phi) is 7.81. The lowest BCUT2D eigenvalue weighted by Gasteiger charge is -2.06. The minimum atomic E-state index is -0.541. The number of carbonyl (C=O) groups excluding carboxylic acids is 2. The van der Waals surface area contributed by atoms with Crippen molar-refractivity contribution in [1.82, 2.24) is 0 Å². The standard InChI is InChI=1S/C27H28N2O3/c1-2-3-4-5-19-6-11-21(12-7-19)26(30)15-10-20-8-13-25(14-9-20)32-27(31)22-16-23(28)18-24(29)17-22/h6-18H,2-5,28-29H2,1H3/b15-10+. The predicted octanol–water partition coefficient (Wildman–Crippen LogP) is 5.70. The first-order valence-electron chi connectivity index (χ1n) is 10.7. The number of carbonyl (C=O) groups is 2. The second-order valence-corrected chi connectivity index (χ2v) is 7.70. The van der Waals surface area contributed by atoms with Crippen molar-refractivity contribution in [2.75, 3.05) is 11.5 Å². The van der Waals surface area contributed by atoms with Crippen molar-refractivity contribution >= 4 is 29.2 Å². The van der Waals surface area contributed by atoms with E-state index < -0.39 is 5.97 Å². The number of nitrogen functional groups attached to an aromatic ring is 2. The number of nitrogens with two attached hydrogens (primary N) is 2. The van der Waals surface area contributed by atoms with Gasteiger partial charge in [0.2, 0.25) is 0 Å². The number of hydrogen-bond donors (Lipinski definition) is 2. The number of aryl methyl sites for hydroxylation is 1. The number of allylic oxidation sites excluding steroid dienone is 1. The van der Waals surface area contributed by atoms with Crippen LogP contribution in [0.25, 0.3) is 6.08 Å². The number of ether oxygens (including phenoxy) is 1. The van der Waals surface area contributed by atoms with Gasteiger partial charge in [0.05, 0.1) is 5.56 Å². The van der Waals surface area contributed by atoms with E-state index in [0.29, 0.717) is 22.7 Å². The molecule has 32 heavy (non-hydrogen) atoms. The molecule has 0 aromatic heterocycles. The molecule has 0 atom stereocenters. The molecule has 0 aliphatic heterocycles. The molecule has 0 amide bonds. The summed E-state index contributed by atoms with van der Waals surface area (Å²) >= 11 is 0. The molecule has 0 saturated carbocycles. The quantitative estimate of drug-likeness (QED) is 0.114. The maximum atomic E-state index is 12.4. The van der Waals surface area contributed by atoms with Crippen molar-refractivity contribution in [2.24, 2.45) is 0 Å². The first kappa shape index (κ1) is 22.8. The summed E-state index contributed by atoms with van der Waals surface area (Å²) in [5, 5.41) is 0. The van der Waals surface area contributed by atoms with Crippen LogP contribution in [-0.2, 0) is 6.42 Å². The molecule has 0 bridgehead atoms. The van der Waals surface area contributed by atoms with Gasteiger partial charge in [-0.05, 0) is 60.4 Å². The molecule has 3 aromatic rings. The van der Waals surface area contributed by atoms with Crippen LogP contribution >= 0.6 is 0 Å². The van der Waals surface area contributed by atoms with Crippen molar-refractivity contribution in [1.29, 1.82) is 0 Å². The third-order valence-electron chi connectivity index (χ3n) is 5.04. The number of hydrogen-bond acceptors (Lipinski definition) is 5. The van der Waals surface area contributed by atoms with Gasteiger partial charge in [-0.15, -0.1) is 0 Å². The zero-order chi connectivity index (χ0) is 22.9. The van der Waals surface area contributed by atoms with Gasteiger partial charge in [-0.25, -0.2) is 4.79 Å². The molecule has 0 fully saturated rings. The molecule has 0 unspecified atom stereocenters. The van der Waals surface area contributed by atoms with Crippen LogP contribution in [0.4, 0.5) is 11.4 Å². The summed E-state index contributed by atoms with van der Waals surface area (Å²) in [6.45, 7) is 2.19. The van der Waals surface area contributed by atoms with Crippen LogP contribution in [0, 0.1) is 0 Å². The molecule has 5 nitrogen and oxygen atoms in total. The van der Waals surface area contributed by atoms with Gasteiger partial charge in [-0.1, -0.05) is 62.2 Å². The van der Waals surface area contributed by atoms with Gasteiger partial charge >= 0.3 is 5.97 Å². The Bertz CT molecular complexity index is 1080. The highest BCUT2D eigenvalue weighted by atomic mass is 16.5. The largest absolute Gasteiger partial charge is 0.423 e. The number of ketones is 1. The topological polar surface area (TPSA) is 95.4 Å². The zero-order valence-corrected chi connectivity index (χ0v) is 18.2. The van der Waals surface area contributed by atoms with Gasteiger partial charge in [0.1, 0.15) is 5.75 Å². The second-order valence-electron chi connectivity index (χ2n) is 7.70. The Morgan fingerprint density at radius 3 is 2.12 bits per heavy atom. The molecule has 4 N–H and O–H groups in total. The highest BCUT2D eigenvalue weighted by Crippen LogP contribution is 2.19. The van der Waals surface area contributed by atoms with Crippen molar-refractivity contribution in [2.45, 2.75) is 32.6 Å². The Hall–Kier alpha value is -3.86. The van der Waals surface area contributed by atoms with E-state index in [1.165, 1.54) is 37.0 Å². The molecule has 3 rings (SSSR count). The lowest BCUT2D eigenvalue weighted by atomic mass is 10.0. The first-order valence-corrected chi connectivity index (χ1v) is 10.7. The van der Waals surface area contributed by atoms with Crippen molar-refractivity contribution in [3.8, 4) is 5.75 Å². The first-order chi connectivity index (χ1) is 15.4. The summed E-state index contributed by atoms with van der Waals surface area (Å²) in [5.41, 5.74) is 15.3. The molecular weight excluding hydrogens is 400 g/mol. The van der Waals surface area contributed by atoms with E-state index >= 15 is 0 Å². The van der Waals surface area contributed by atoms with Crippen LogP contribution in [0.5, 0.6) is 5.75 Å². The normalized spacial score (nSPS) is 10.9.